The molecule has 1 heterocycles. The summed E-state index contributed by atoms with van der Waals surface area (Å²) in [6.45, 7) is 2.04. The summed E-state index contributed by atoms with van der Waals surface area (Å²) < 4.78 is 15.9. The number of carbonyl (C=O) groups is 1. The second kappa shape index (κ2) is 9.45. The molecule has 0 unspecified atom stereocenters. The van der Waals surface area contributed by atoms with Gasteiger partial charge in [0, 0.05) is 24.2 Å². The molecule has 0 atom stereocenters. The number of nitrogens with zero attached hydrogens (tertiary/aromatic N) is 2. The molecule has 1 aromatic heterocycles. The highest BCUT2D eigenvalue weighted by molar-refractivity contribution is 5.89. The van der Waals surface area contributed by atoms with Gasteiger partial charge in [-0.15, -0.1) is 10.2 Å². The number of benzene rings is 1. The number of rotatable bonds is 9. The van der Waals surface area contributed by atoms with Crippen LogP contribution < -0.4 is 24.8 Å². The second-order valence-corrected chi connectivity index (χ2v) is 5.49. The van der Waals surface area contributed by atoms with E-state index in [1.54, 1.807) is 45.6 Å². The summed E-state index contributed by atoms with van der Waals surface area (Å²) in [5.41, 5.74) is 0.702. The summed E-state index contributed by atoms with van der Waals surface area (Å²) in [6.07, 6.45) is 2.29. The van der Waals surface area contributed by atoms with Crippen LogP contribution in [0.3, 0.4) is 0 Å². The highest BCUT2D eigenvalue weighted by Gasteiger charge is 2.13. The van der Waals surface area contributed by atoms with Crippen LogP contribution in [-0.4, -0.2) is 37.4 Å². The van der Waals surface area contributed by atoms with Crippen LogP contribution in [0.15, 0.2) is 24.3 Å². The van der Waals surface area contributed by atoms with Gasteiger partial charge < -0.3 is 24.8 Å². The number of aromatic nitrogens is 2. The third kappa shape index (κ3) is 4.98. The average Bonchev–Trinajstić information content (AvgIpc) is 2.67. The Morgan fingerprint density at radius 1 is 1.00 bits per heavy atom. The van der Waals surface area contributed by atoms with Crippen molar-refractivity contribution in [2.45, 2.75) is 26.2 Å². The molecule has 0 fully saturated rings. The molecule has 0 saturated heterocycles. The zero-order chi connectivity index (χ0) is 18.9. The van der Waals surface area contributed by atoms with Gasteiger partial charge in [-0.2, -0.15) is 0 Å². The number of amides is 1. The molecule has 0 saturated carbocycles. The quantitative estimate of drug-likeness (QED) is 0.708. The van der Waals surface area contributed by atoms with Crippen LogP contribution in [0.5, 0.6) is 17.2 Å². The first kappa shape index (κ1) is 19.3. The Morgan fingerprint density at radius 3 is 2.12 bits per heavy atom. The van der Waals surface area contributed by atoms with Gasteiger partial charge in [0.25, 0.3) is 0 Å². The predicted octanol–water partition coefficient (Wildman–Crippen LogP) is 3.37. The van der Waals surface area contributed by atoms with Crippen LogP contribution in [0.2, 0.25) is 0 Å². The van der Waals surface area contributed by atoms with Crippen LogP contribution in [0.4, 0.5) is 17.3 Å². The van der Waals surface area contributed by atoms with E-state index in [0.29, 0.717) is 41.0 Å². The molecule has 2 rings (SSSR count). The first-order valence-corrected chi connectivity index (χ1v) is 8.31. The van der Waals surface area contributed by atoms with Crippen LogP contribution in [-0.2, 0) is 4.79 Å². The van der Waals surface area contributed by atoms with E-state index in [2.05, 4.69) is 20.8 Å². The van der Waals surface area contributed by atoms with E-state index in [0.717, 1.165) is 12.8 Å². The molecule has 0 radical (unpaired) electrons. The SMILES string of the molecule is CCCCC(=O)Nc1ccc(Nc2cc(OC)c(OC)c(OC)c2)nn1. The van der Waals surface area contributed by atoms with Gasteiger partial charge in [0.05, 0.1) is 21.3 Å². The predicted molar refractivity (Wildman–Crippen MR) is 99.6 cm³/mol. The topological polar surface area (TPSA) is 94.6 Å². The van der Waals surface area contributed by atoms with Crippen LogP contribution >= 0.6 is 0 Å². The van der Waals surface area contributed by atoms with Crippen molar-refractivity contribution >= 4 is 23.2 Å². The van der Waals surface area contributed by atoms with Crippen molar-refractivity contribution in [3.05, 3.63) is 24.3 Å². The lowest BCUT2D eigenvalue weighted by atomic mass is 10.2. The standard InChI is InChI=1S/C18H24N4O4/c1-5-6-7-17(23)20-16-9-8-15(21-22-16)19-12-10-13(24-2)18(26-4)14(11-12)25-3/h8-11H,5-7H2,1-4H3,(H,19,21)(H,20,22,23). The summed E-state index contributed by atoms with van der Waals surface area (Å²) in [4.78, 5) is 11.7. The maximum absolute atomic E-state index is 11.7. The van der Waals surface area contributed by atoms with Crippen LogP contribution in [0.1, 0.15) is 26.2 Å². The number of unbranched alkanes of at least 4 members (excludes halogenated alkanes) is 1. The van der Waals surface area contributed by atoms with Gasteiger partial charge >= 0.3 is 0 Å². The van der Waals surface area contributed by atoms with Crippen molar-refractivity contribution in [3.63, 3.8) is 0 Å². The normalized spacial score (nSPS) is 10.2. The number of anilines is 3. The van der Waals surface area contributed by atoms with Crippen LogP contribution in [0, 0.1) is 0 Å². The maximum Gasteiger partial charge on any atom is 0.225 e. The van der Waals surface area contributed by atoms with Crippen molar-refractivity contribution in [2.75, 3.05) is 32.0 Å². The Labute approximate surface area is 152 Å². The molecular weight excluding hydrogens is 336 g/mol. The molecule has 8 heteroatoms. The average molecular weight is 360 g/mol. The zero-order valence-electron chi connectivity index (χ0n) is 15.5. The molecule has 0 aliphatic rings. The molecule has 1 aromatic carbocycles. The van der Waals surface area contributed by atoms with Crippen molar-refractivity contribution in [2.24, 2.45) is 0 Å². The first-order valence-electron chi connectivity index (χ1n) is 8.31. The third-order valence-corrected chi connectivity index (χ3v) is 3.63. The third-order valence-electron chi connectivity index (χ3n) is 3.63. The molecule has 26 heavy (non-hydrogen) atoms. The lowest BCUT2D eigenvalue weighted by molar-refractivity contribution is -0.116. The summed E-state index contributed by atoms with van der Waals surface area (Å²) in [6, 6.07) is 6.95. The van der Waals surface area contributed by atoms with E-state index in [4.69, 9.17) is 14.2 Å². The lowest BCUT2D eigenvalue weighted by Crippen LogP contribution is -2.12. The van der Waals surface area contributed by atoms with Gasteiger partial charge in [0.1, 0.15) is 0 Å². The van der Waals surface area contributed by atoms with E-state index in [9.17, 15) is 4.79 Å². The molecule has 0 spiro atoms. The van der Waals surface area contributed by atoms with E-state index in [-0.39, 0.29) is 5.91 Å². The molecule has 8 nitrogen and oxygen atoms in total. The van der Waals surface area contributed by atoms with Gasteiger partial charge in [-0.3, -0.25) is 4.79 Å². The summed E-state index contributed by atoms with van der Waals surface area (Å²) in [5, 5.41) is 13.9. The molecule has 140 valence electrons. The van der Waals surface area contributed by atoms with Gasteiger partial charge in [-0.1, -0.05) is 13.3 Å². The monoisotopic (exact) mass is 360 g/mol. The minimum Gasteiger partial charge on any atom is -0.493 e. The van der Waals surface area contributed by atoms with Gasteiger partial charge in [-0.25, -0.2) is 0 Å². The number of hydrogen-bond acceptors (Lipinski definition) is 7. The fraction of sp³-hybridized carbons (Fsp3) is 0.389. The number of methoxy groups -OCH3 is 3. The zero-order valence-corrected chi connectivity index (χ0v) is 15.5. The van der Waals surface area contributed by atoms with Crippen molar-refractivity contribution in [1.82, 2.24) is 10.2 Å². The Hall–Kier alpha value is -3.03. The van der Waals surface area contributed by atoms with Gasteiger partial charge in [0.15, 0.2) is 23.1 Å². The van der Waals surface area contributed by atoms with Gasteiger partial charge in [-0.05, 0) is 18.6 Å². The molecule has 0 aliphatic heterocycles. The molecule has 2 aromatic rings. The smallest absolute Gasteiger partial charge is 0.225 e. The maximum atomic E-state index is 11.7. The van der Waals surface area contributed by atoms with Crippen molar-refractivity contribution in [3.8, 4) is 17.2 Å². The largest absolute Gasteiger partial charge is 0.493 e. The van der Waals surface area contributed by atoms with E-state index < -0.39 is 0 Å². The Morgan fingerprint density at radius 2 is 1.62 bits per heavy atom. The second-order valence-electron chi connectivity index (χ2n) is 5.49. The van der Waals surface area contributed by atoms with Crippen molar-refractivity contribution < 1.29 is 19.0 Å². The Balaban J connectivity index is 2.10. The minimum absolute atomic E-state index is 0.0634. The van der Waals surface area contributed by atoms with Crippen molar-refractivity contribution in [1.29, 1.82) is 0 Å². The van der Waals surface area contributed by atoms with E-state index in [1.165, 1.54) is 0 Å². The highest BCUT2D eigenvalue weighted by Crippen LogP contribution is 2.40. The van der Waals surface area contributed by atoms with Gasteiger partial charge in [0.2, 0.25) is 11.7 Å². The number of hydrogen-bond donors (Lipinski definition) is 2. The Bertz CT molecular complexity index is 709. The molecule has 1 amide bonds. The summed E-state index contributed by atoms with van der Waals surface area (Å²) >= 11 is 0. The van der Waals surface area contributed by atoms with E-state index in [1.807, 2.05) is 6.92 Å². The molecular formula is C18H24N4O4. The first-order chi connectivity index (χ1) is 12.6. The van der Waals surface area contributed by atoms with E-state index >= 15 is 0 Å². The molecule has 2 N–H and O–H groups in total. The number of ether oxygens (including phenoxy) is 3. The fourth-order valence-corrected chi connectivity index (χ4v) is 2.31. The number of nitrogens with one attached hydrogen (secondary N) is 2. The highest BCUT2D eigenvalue weighted by atomic mass is 16.5. The summed E-state index contributed by atoms with van der Waals surface area (Å²) in [5.74, 6) is 2.44. The number of carbonyl (C=O) groups excluding carboxylic acids is 1. The molecule has 0 bridgehead atoms. The minimum atomic E-state index is -0.0634. The van der Waals surface area contributed by atoms with Crippen LogP contribution in [0.25, 0.3) is 0 Å². The summed E-state index contributed by atoms with van der Waals surface area (Å²) in [7, 11) is 4.65. The molecule has 0 aliphatic carbocycles. The fourth-order valence-electron chi connectivity index (χ4n) is 2.31. The lowest BCUT2D eigenvalue weighted by Gasteiger charge is -2.14. The Kier molecular flexibility index (Phi) is 7.02.